The molecule has 0 saturated carbocycles. The van der Waals surface area contributed by atoms with Gasteiger partial charge in [-0.05, 0) is 26.0 Å². The Bertz CT molecular complexity index is 1180. The molecule has 0 amide bonds. The monoisotopic (exact) mass is 533 g/mol. The average Bonchev–Trinajstić information content (AvgIpc) is 3.11. The second-order valence-corrected chi connectivity index (χ2v) is 11.8. The Labute approximate surface area is 186 Å². The first-order valence-corrected chi connectivity index (χ1v) is 13.5. The number of pyridine rings is 1. The van der Waals surface area contributed by atoms with Gasteiger partial charge in [-0.3, -0.25) is 4.52 Å². The zero-order valence-electron chi connectivity index (χ0n) is 17.0. The number of aliphatic hydroxyl groups is 2. The number of anilines is 1. The lowest BCUT2D eigenvalue weighted by Gasteiger charge is -2.28. The molecule has 3 rings (SSSR count). The summed E-state index contributed by atoms with van der Waals surface area (Å²) in [6, 6.07) is 3.16. The van der Waals surface area contributed by atoms with Crippen LogP contribution in [0.15, 0.2) is 24.5 Å². The van der Waals surface area contributed by atoms with Crippen molar-refractivity contribution in [2.24, 2.45) is 0 Å². The molecular weight excluding hydrogens is 511 g/mol. The van der Waals surface area contributed by atoms with E-state index in [0.29, 0.717) is 16.7 Å². The molecule has 186 valence electrons. The van der Waals surface area contributed by atoms with Crippen molar-refractivity contribution < 1.29 is 61.4 Å². The summed E-state index contributed by atoms with van der Waals surface area (Å²) in [4.78, 5) is 40.3. The molecule has 0 spiro atoms. The summed E-state index contributed by atoms with van der Waals surface area (Å²) in [5.41, 5.74) is 4.63. The fourth-order valence-corrected chi connectivity index (χ4v) is 6.59. The maximum Gasteiger partial charge on any atom is 0.490 e. The Morgan fingerprint density at radius 2 is 1.82 bits per heavy atom. The molecule has 0 aliphatic carbocycles. The number of fused-ring (bicyclic) bond motifs is 1. The van der Waals surface area contributed by atoms with Crippen LogP contribution in [0.4, 0.5) is 5.69 Å². The van der Waals surface area contributed by atoms with Crippen molar-refractivity contribution in [1.29, 1.82) is 0 Å². The fraction of sp³-hybridized carbons (Fsp3) is 0.500. The van der Waals surface area contributed by atoms with Crippen molar-refractivity contribution in [2.45, 2.75) is 44.0 Å². The molecule has 8 N–H and O–H groups in total. The van der Waals surface area contributed by atoms with Gasteiger partial charge in [-0.25, -0.2) is 18.7 Å². The molecule has 2 aromatic rings. The summed E-state index contributed by atoms with van der Waals surface area (Å²) in [5, 5.41) is 22.0. The summed E-state index contributed by atoms with van der Waals surface area (Å²) in [7, 11) is -16.8. The highest BCUT2D eigenvalue weighted by atomic mass is 31.3. The minimum Gasteiger partial charge on any atom is -0.398 e. The smallest absolute Gasteiger partial charge is 0.398 e. The number of aromatic nitrogens is 2. The molecular formula is C14H22N3O13P3. The molecule has 1 aliphatic rings. The molecule has 1 aliphatic heterocycles. The van der Waals surface area contributed by atoms with E-state index in [-0.39, 0.29) is 0 Å². The summed E-state index contributed by atoms with van der Waals surface area (Å²) in [6.07, 6.45) is -3.09. The number of nitrogen functional groups attached to an aromatic ring is 1. The van der Waals surface area contributed by atoms with Gasteiger partial charge in [-0.1, -0.05) is 0 Å². The third kappa shape index (κ3) is 5.72. The number of phosphoric ester groups is 1. The molecule has 2 aromatic heterocycles. The van der Waals surface area contributed by atoms with Crippen LogP contribution in [-0.2, 0) is 31.6 Å². The van der Waals surface area contributed by atoms with Crippen LogP contribution in [0.1, 0.15) is 20.1 Å². The number of hydrogen-bond donors (Lipinski definition) is 7. The zero-order chi connectivity index (χ0) is 25.0. The van der Waals surface area contributed by atoms with E-state index in [0.717, 1.165) is 6.92 Å². The van der Waals surface area contributed by atoms with E-state index in [2.05, 4.69) is 13.6 Å². The minimum absolute atomic E-state index is 0.314. The van der Waals surface area contributed by atoms with Gasteiger partial charge < -0.3 is 44.8 Å². The third-order valence-corrected chi connectivity index (χ3v) is 8.70. The normalized spacial score (nSPS) is 30.7. The van der Waals surface area contributed by atoms with Crippen molar-refractivity contribution >= 4 is 40.2 Å². The average molecular weight is 533 g/mol. The Hall–Kier alpha value is -1.22. The molecule has 1 fully saturated rings. The van der Waals surface area contributed by atoms with Gasteiger partial charge in [0.2, 0.25) is 0 Å². The molecule has 1 saturated heterocycles. The van der Waals surface area contributed by atoms with E-state index >= 15 is 0 Å². The quantitative estimate of drug-likeness (QED) is 0.226. The van der Waals surface area contributed by atoms with E-state index in [1.165, 1.54) is 23.9 Å². The zero-order valence-corrected chi connectivity index (χ0v) is 19.7. The summed E-state index contributed by atoms with van der Waals surface area (Å²) < 4.78 is 53.4. The van der Waals surface area contributed by atoms with Gasteiger partial charge in [0.1, 0.15) is 23.5 Å². The van der Waals surface area contributed by atoms with E-state index in [1.807, 2.05) is 0 Å². The van der Waals surface area contributed by atoms with Crippen LogP contribution in [0.3, 0.4) is 0 Å². The second kappa shape index (κ2) is 8.77. The van der Waals surface area contributed by atoms with Crippen LogP contribution in [0.2, 0.25) is 0 Å². The molecule has 19 heteroatoms. The molecule has 2 unspecified atom stereocenters. The second-order valence-electron chi connectivity index (χ2n) is 7.39. The molecule has 3 heterocycles. The number of nitrogens with zero attached hydrogens (tertiary/aromatic N) is 2. The number of rotatable bonds is 8. The number of hydrogen-bond acceptors (Lipinski definition) is 11. The van der Waals surface area contributed by atoms with Crippen molar-refractivity contribution in [2.75, 3.05) is 5.73 Å². The molecule has 33 heavy (non-hydrogen) atoms. The van der Waals surface area contributed by atoms with Crippen LogP contribution in [0, 0.1) is 0 Å². The van der Waals surface area contributed by atoms with Crippen molar-refractivity contribution in [1.82, 2.24) is 9.55 Å². The van der Waals surface area contributed by atoms with E-state index in [4.69, 9.17) is 24.8 Å². The minimum atomic E-state index is -5.73. The highest BCUT2D eigenvalue weighted by molar-refractivity contribution is 7.66. The van der Waals surface area contributed by atoms with Crippen LogP contribution in [-0.4, -0.2) is 63.3 Å². The molecule has 7 atom stereocenters. The first kappa shape index (κ1) is 26.4. The highest BCUT2D eigenvalue weighted by Crippen LogP contribution is 2.66. The van der Waals surface area contributed by atoms with Crippen LogP contribution >= 0.6 is 23.5 Å². The van der Waals surface area contributed by atoms with Gasteiger partial charge in [0, 0.05) is 23.5 Å². The van der Waals surface area contributed by atoms with Gasteiger partial charge in [0.25, 0.3) is 0 Å². The number of ether oxygens (including phenoxy) is 1. The number of nitrogens with two attached hydrogens (primary N) is 1. The number of aliphatic hydroxyl groups excluding tert-OH is 1. The third-order valence-electron chi connectivity index (χ3n) is 4.78. The molecule has 16 nitrogen and oxygen atoms in total. The molecule has 0 radical (unpaired) electrons. The lowest BCUT2D eigenvalue weighted by molar-refractivity contribution is -0.0979. The van der Waals surface area contributed by atoms with Gasteiger partial charge in [-0.2, -0.15) is 8.62 Å². The Balaban J connectivity index is 1.81. The topological polar surface area (TPSA) is 253 Å². The van der Waals surface area contributed by atoms with E-state index in [1.54, 1.807) is 12.1 Å². The van der Waals surface area contributed by atoms with Gasteiger partial charge in [-0.15, -0.1) is 0 Å². The lowest BCUT2D eigenvalue weighted by Crippen LogP contribution is -2.46. The van der Waals surface area contributed by atoms with Crippen molar-refractivity contribution in [3.63, 3.8) is 0 Å². The van der Waals surface area contributed by atoms with Gasteiger partial charge in [0.15, 0.2) is 6.23 Å². The highest BCUT2D eigenvalue weighted by Gasteiger charge is 2.56. The molecule has 0 aromatic carbocycles. The largest absolute Gasteiger partial charge is 0.490 e. The predicted molar refractivity (Wildman–Crippen MR) is 109 cm³/mol. The van der Waals surface area contributed by atoms with E-state index < -0.39 is 53.6 Å². The van der Waals surface area contributed by atoms with E-state index in [9.17, 15) is 33.7 Å². The van der Waals surface area contributed by atoms with Crippen molar-refractivity contribution in [3.8, 4) is 0 Å². The Morgan fingerprint density at radius 3 is 2.42 bits per heavy atom. The first-order valence-electron chi connectivity index (χ1n) is 9.03. The lowest BCUT2D eigenvalue weighted by atomic mass is 9.94. The Kier molecular flexibility index (Phi) is 7.01. The summed E-state index contributed by atoms with van der Waals surface area (Å²) >= 11 is 0. The first-order chi connectivity index (χ1) is 14.9. The van der Waals surface area contributed by atoms with Gasteiger partial charge >= 0.3 is 23.5 Å². The van der Waals surface area contributed by atoms with Crippen LogP contribution in [0.5, 0.6) is 0 Å². The molecule has 0 bridgehead atoms. The van der Waals surface area contributed by atoms with Gasteiger partial charge in [0.05, 0.1) is 6.10 Å². The SMILES string of the molecule is C[C@H](OP(=O)(O)OP(=O)(O)OP(=O)(O)O)[C@H]1O[C@@H](n2ccc3c(N)ccnc32)[C@](C)(O)[C@@H]1O. The maximum absolute atomic E-state index is 12.1. The fourth-order valence-electron chi connectivity index (χ4n) is 3.39. The number of phosphoric acid groups is 3. The van der Waals surface area contributed by atoms with Crippen LogP contribution in [0.25, 0.3) is 11.0 Å². The van der Waals surface area contributed by atoms with Crippen LogP contribution < -0.4 is 5.73 Å². The Morgan fingerprint density at radius 1 is 1.18 bits per heavy atom. The van der Waals surface area contributed by atoms with Crippen molar-refractivity contribution in [3.05, 3.63) is 24.5 Å². The predicted octanol–water partition coefficient (Wildman–Crippen LogP) is 0.360. The standard InChI is InChI=1S/C14H22N3O13P3/c1-7(28-32(23,24)30-33(25,26)29-31(20,21)22)10-11(18)14(2,19)13(27-10)17-6-4-8-9(15)3-5-16-12(8)17/h3-7,10-11,13,18-19H,1-2H3,(H2,15,16)(H,23,24)(H,25,26)(H2,20,21,22)/t7-,10+,11+,13+,14+/m0/s1. The maximum atomic E-state index is 12.1. The summed E-state index contributed by atoms with van der Waals surface area (Å²) in [5.74, 6) is 0. The summed E-state index contributed by atoms with van der Waals surface area (Å²) in [6.45, 7) is 2.35.